The highest BCUT2D eigenvalue weighted by Crippen LogP contribution is 2.14. The van der Waals surface area contributed by atoms with Crippen LogP contribution < -0.4 is 0 Å². The molecule has 1 atom stereocenters. The summed E-state index contributed by atoms with van der Waals surface area (Å²) in [6.07, 6.45) is 3.28. The largest absolute Gasteiger partial charge is 0.294 e. The molecule has 1 aliphatic heterocycles. The number of aliphatic imine (C=N–C) groups is 1. The zero-order chi connectivity index (χ0) is 16.9. The van der Waals surface area contributed by atoms with Crippen molar-refractivity contribution in [1.29, 1.82) is 0 Å². The second kappa shape index (κ2) is 7.45. The number of nitrogens with zero attached hydrogens (tertiary/aromatic N) is 1. The van der Waals surface area contributed by atoms with Gasteiger partial charge >= 0.3 is 0 Å². The Morgan fingerprint density at radius 1 is 1.04 bits per heavy atom. The maximum Gasteiger partial charge on any atom is 0.294 e. The van der Waals surface area contributed by atoms with Crippen molar-refractivity contribution < 1.29 is 17.2 Å². The summed E-state index contributed by atoms with van der Waals surface area (Å²) in [5.41, 5.74) is 1.89. The van der Waals surface area contributed by atoms with E-state index in [1.54, 1.807) is 30.0 Å². The minimum Gasteiger partial charge on any atom is -0.282 e. The molecule has 1 unspecified atom stereocenters. The normalized spacial score (nSPS) is 16.0. The Hall–Kier alpha value is -2.09. The van der Waals surface area contributed by atoms with Gasteiger partial charge in [-0.2, -0.15) is 8.42 Å². The van der Waals surface area contributed by atoms with Gasteiger partial charge in [-0.3, -0.25) is 9.55 Å². The first-order valence-electron chi connectivity index (χ1n) is 6.61. The lowest BCUT2D eigenvalue weighted by atomic mass is 10.2. The number of fused-ring (bicyclic) bond motifs is 1. The molecule has 0 saturated carbocycles. The molecule has 23 heavy (non-hydrogen) atoms. The highest BCUT2D eigenvalue weighted by molar-refractivity contribution is 7.88. The summed E-state index contributed by atoms with van der Waals surface area (Å²) in [4.78, 5) is 4.73. The van der Waals surface area contributed by atoms with Crippen LogP contribution in [0.25, 0.3) is 0 Å². The van der Waals surface area contributed by atoms with Crippen LogP contribution in [0.1, 0.15) is 11.1 Å². The third-order valence-corrected chi connectivity index (χ3v) is 4.98. The van der Waals surface area contributed by atoms with Crippen LogP contribution in [0.4, 0.5) is 0 Å². The number of benzene rings is 2. The smallest absolute Gasteiger partial charge is 0.282 e. The minimum atomic E-state index is -4.02. The third-order valence-electron chi connectivity index (χ3n) is 2.94. The fourth-order valence-electron chi connectivity index (χ4n) is 1.77. The molecule has 1 aliphatic rings. The number of hydrogen-bond donors (Lipinski definition) is 1. The topological polar surface area (TPSA) is 83.8 Å². The van der Waals surface area contributed by atoms with Crippen molar-refractivity contribution in [3.63, 3.8) is 0 Å². The van der Waals surface area contributed by atoms with Crippen molar-refractivity contribution >= 4 is 27.1 Å². The maximum atomic E-state index is 11.4. The average molecular weight is 349 g/mol. The monoisotopic (exact) mass is 349 g/mol. The molecule has 0 radical (unpaired) electrons. The minimum absolute atomic E-state index is 0.0666. The average Bonchev–Trinajstić information content (AvgIpc) is 2.70. The molecule has 0 bridgehead atoms. The Morgan fingerprint density at radius 2 is 1.70 bits per heavy atom. The molecule has 120 valence electrons. The Morgan fingerprint density at radius 3 is 2.35 bits per heavy atom. The molecule has 0 amide bonds. The van der Waals surface area contributed by atoms with Gasteiger partial charge in [0.05, 0.1) is 20.6 Å². The quantitative estimate of drug-likeness (QED) is 0.802. The Labute approximate surface area is 137 Å². The van der Waals surface area contributed by atoms with Gasteiger partial charge in [0.25, 0.3) is 10.1 Å². The summed E-state index contributed by atoms with van der Waals surface area (Å²) < 4.78 is 41.0. The lowest BCUT2D eigenvalue weighted by Gasteiger charge is -1.98. The van der Waals surface area contributed by atoms with Crippen LogP contribution in [0.15, 0.2) is 74.9 Å². The van der Waals surface area contributed by atoms with Crippen LogP contribution in [-0.2, 0) is 20.9 Å². The van der Waals surface area contributed by atoms with Gasteiger partial charge in [-0.05, 0) is 25.1 Å². The van der Waals surface area contributed by atoms with Crippen LogP contribution in [0.3, 0.4) is 0 Å². The zero-order valence-corrected chi connectivity index (χ0v) is 13.9. The molecule has 1 N–H and O–H groups in total. The fraction of sp³-hybridized carbons (Fsp3) is 0.0625. The van der Waals surface area contributed by atoms with Gasteiger partial charge in [0, 0.05) is 23.4 Å². The molecule has 0 aliphatic carbocycles. The predicted octanol–water partition coefficient (Wildman–Crippen LogP) is 2.94. The van der Waals surface area contributed by atoms with E-state index in [9.17, 15) is 12.6 Å². The van der Waals surface area contributed by atoms with E-state index in [0.29, 0.717) is 0 Å². The van der Waals surface area contributed by atoms with E-state index >= 15 is 0 Å². The highest BCUT2D eigenvalue weighted by atomic mass is 32.2. The number of hydrogen-bond acceptors (Lipinski definition) is 4. The van der Waals surface area contributed by atoms with Crippen LogP contribution in [0.2, 0.25) is 0 Å². The second-order valence-electron chi connectivity index (χ2n) is 4.69. The molecule has 2 aromatic carbocycles. The van der Waals surface area contributed by atoms with Gasteiger partial charge in [0.2, 0.25) is 0 Å². The van der Waals surface area contributed by atoms with Crippen LogP contribution in [0, 0.1) is 6.92 Å². The molecule has 2 aromatic rings. The van der Waals surface area contributed by atoms with Gasteiger partial charge in [0.15, 0.2) is 0 Å². The first-order chi connectivity index (χ1) is 10.9. The molecule has 1 heterocycles. The van der Waals surface area contributed by atoms with Crippen molar-refractivity contribution in [3.05, 3.63) is 71.3 Å². The summed E-state index contributed by atoms with van der Waals surface area (Å²) >= 11 is 0. The predicted molar refractivity (Wildman–Crippen MR) is 90.6 cm³/mol. The van der Waals surface area contributed by atoms with Gasteiger partial charge in [-0.1, -0.05) is 35.9 Å². The molecule has 5 nitrogen and oxygen atoms in total. The SMILES string of the molecule is Cc1ccc(S(=O)(=O)O)cc1.O=S1C=CN=Cc2ccccc21. The van der Waals surface area contributed by atoms with Crippen LogP contribution in [-0.4, -0.2) is 23.4 Å². The van der Waals surface area contributed by atoms with E-state index in [-0.39, 0.29) is 4.90 Å². The van der Waals surface area contributed by atoms with Gasteiger partial charge in [-0.25, -0.2) is 4.21 Å². The molecular weight excluding hydrogens is 334 g/mol. The van der Waals surface area contributed by atoms with E-state index in [1.807, 2.05) is 31.2 Å². The van der Waals surface area contributed by atoms with E-state index in [4.69, 9.17) is 4.55 Å². The Kier molecular flexibility index (Phi) is 5.59. The molecule has 7 heteroatoms. The molecule has 0 spiro atoms. The van der Waals surface area contributed by atoms with Crippen LogP contribution in [0.5, 0.6) is 0 Å². The number of aryl methyl sites for hydroxylation is 1. The van der Waals surface area contributed by atoms with Crippen LogP contribution >= 0.6 is 0 Å². The van der Waals surface area contributed by atoms with E-state index in [2.05, 4.69) is 4.99 Å². The summed E-state index contributed by atoms with van der Waals surface area (Å²) in [5.74, 6) is 0. The maximum absolute atomic E-state index is 11.4. The summed E-state index contributed by atoms with van der Waals surface area (Å²) in [7, 11) is -5.06. The first kappa shape index (κ1) is 17.3. The number of rotatable bonds is 1. The zero-order valence-electron chi connectivity index (χ0n) is 12.3. The second-order valence-corrected chi connectivity index (χ2v) is 7.42. The highest BCUT2D eigenvalue weighted by Gasteiger charge is 2.07. The fourth-order valence-corrected chi connectivity index (χ4v) is 3.14. The molecule has 3 rings (SSSR count). The van der Waals surface area contributed by atoms with E-state index in [0.717, 1.165) is 16.0 Å². The Balaban J connectivity index is 0.000000168. The molecule has 0 fully saturated rings. The first-order valence-corrected chi connectivity index (χ1v) is 9.27. The van der Waals surface area contributed by atoms with Gasteiger partial charge < -0.3 is 0 Å². The van der Waals surface area contributed by atoms with Crippen molar-refractivity contribution in [2.75, 3.05) is 0 Å². The summed E-state index contributed by atoms with van der Waals surface area (Å²) in [6.45, 7) is 1.84. The van der Waals surface area contributed by atoms with E-state index in [1.165, 1.54) is 12.1 Å². The van der Waals surface area contributed by atoms with Crippen molar-refractivity contribution in [2.24, 2.45) is 4.99 Å². The lowest BCUT2D eigenvalue weighted by Crippen LogP contribution is -1.96. The summed E-state index contributed by atoms with van der Waals surface area (Å²) in [5, 5.41) is 1.59. The van der Waals surface area contributed by atoms with E-state index < -0.39 is 20.9 Å². The molecule has 0 saturated heterocycles. The van der Waals surface area contributed by atoms with Crippen molar-refractivity contribution in [1.82, 2.24) is 0 Å². The third kappa shape index (κ3) is 4.95. The van der Waals surface area contributed by atoms with Crippen molar-refractivity contribution in [3.8, 4) is 0 Å². The molecular formula is C16H15NO4S2. The molecule has 0 aromatic heterocycles. The van der Waals surface area contributed by atoms with Gasteiger partial charge in [0.1, 0.15) is 0 Å². The van der Waals surface area contributed by atoms with Crippen molar-refractivity contribution in [2.45, 2.75) is 16.7 Å². The standard InChI is InChI=1S/C9H7NOS.C7H8O3S/c11-12-6-5-10-7-8-3-1-2-4-9(8)12;1-6-2-4-7(5-3-6)11(8,9)10/h1-7H;2-5H,1H3,(H,8,9,10). The van der Waals surface area contributed by atoms with Gasteiger partial charge in [-0.15, -0.1) is 0 Å². The lowest BCUT2D eigenvalue weighted by molar-refractivity contribution is 0.483. The Bertz CT molecular complexity index is 869. The summed E-state index contributed by atoms with van der Waals surface area (Å²) in [6, 6.07) is 13.5.